The molecule has 0 aliphatic heterocycles. The quantitative estimate of drug-likeness (QED) is 0.635. The molecule has 2 N–H and O–H groups in total. The summed E-state index contributed by atoms with van der Waals surface area (Å²) >= 11 is 0. The van der Waals surface area contributed by atoms with Crippen molar-refractivity contribution in [2.75, 3.05) is 5.73 Å². The van der Waals surface area contributed by atoms with Gasteiger partial charge in [0, 0.05) is 6.07 Å². The highest BCUT2D eigenvalue weighted by Crippen LogP contribution is 1.92. The van der Waals surface area contributed by atoms with Crippen molar-refractivity contribution >= 4 is 5.69 Å². The van der Waals surface area contributed by atoms with Crippen molar-refractivity contribution in [2.45, 2.75) is 6.54 Å². The molecule has 0 amide bonds. The Bertz CT molecular complexity index is 528. The minimum absolute atomic E-state index is 0.187. The first kappa shape index (κ1) is 9.31. The number of nitrogens with zero attached hydrogens (tertiary/aromatic N) is 6. The molecule has 2 heterocycles. The van der Waals surface area contributed by atoms with Crippen molar-refractivity contribution in [1.82, 2.24) is 30.0 Å². The Morgan fingerprint density at radius 2 is 2.33 bits per heavy atom. The third kappa shape index (κ3) is 1.98. The van der Waals surface area contributed by atoms with Gasteiger partial charge >= 0.3 is 0 Å². The Kier molecular flexibility index (Phi) is 2.16. The van der Waals surface area contributed by atoms with E-state index in [4.69, 9.17) is 5.73 Å². The van der Waals surface area contributed by atoms with E-state index in [0.717, 1.165) is 0 Å². The molecule has 0 spiro atoms. The lowest BCUT2D eigenvalue weighted by Gasteiger charge is -1.99. The Labute approximate surface area is 84.3 Å². The summed E-state index contributed by atoms with van der Waals surface area (Å²) in [5, 5.41) is 15.2. The molecule has 0 atom stereocenters. The number of nitrogens with two attached hydrogens (primary N) is 1. The molecular weight excluding hydrogens is 198 g/mol. The van der Waals surface area contributed by atoms with Gasteiger partial charge < -0.3 is 5.73 Å². The lowest BCUT2D eigenvalue weighted by molar-refractivity contribution is 0.601. The minimum atomic E-state index is -0.289. The molecule has 0 saturated heterocycles. The molecule has 8 nitrogen and oxygen atoms in total. The highest BCUT2D eigenvalue weighted by atomic mass is 16.1. The summed E-state index contributed by atoms with van der Waals surface area (Å²) in [4.78, 5) is 12.7. The summed E-state index contributed by atoms with van der Waals surface area (Å²) in [5.41, 5.74) is 5.45. The number of aromatic nitrogens is 6. The van der Waals surface area contributed by atoms with Crippen molar-refractivity contribution in [3.05, 3.63) is 28.4 Å². The molecule has 2 aromatic heterocycles. The van der Waals surface area contributed by atoms with Crippen LogP contribution in [0.3, 0.4) is 0 Å². The molecular formula is C7H9N7O. The zero-order chi connectivity index (χ0) is 10.8. The third-order valence-electron chi connectivity index (χ3n) is 1.73. The average Bonchev–Trinajstić information content (AvgIpc) is 2.56. The Balaban J connectivity index is 2.28. The number of anilines is 1. The second-order valence-electron chi connectivity index (χ2n) is 2.98. The van der Waals surface area contributed by atoms with Gasteiger partial charge in [-0.05, 0) is 5.21 Å². The normalized spacial score (nSPS) is 10.5. The van der Waals surface area contributed by atoms with Crippen LogP contribution in [-0.4, -0.2) is 30.0 Å². The van der Waals surface area contributed by atoms with E-state index in [0.29, 0.717) is 11.5 Å². The van der Waals surface area contributed by atoms with E-state index in [2.05, 4.69) is 20.5 Å². The summed E-state index contributed by atoms with van der Waals surface area (Å²) in [7, 11) is 1.65. The minimum Gasteiger partial charge on any atom is -0.397 e. The fraction of sp³-hybridized carbons (Fsp3) is 0.286. The van der Waals surface area contributed by atoms with Crippen LogP contribution in [0.25, 0.3) is 0 Å². The second-order valence-corrected chi connectivity index (χ2v) is 2.98. The van der Waals surface area contributed by atoms with Crippen LogP contribution in [0.4, 0.5) is 5.69 Å². The zero-order valence-electron chi connectivity index (χ0n) is 8.03. The first-order valence-electron chi connectivity index (χ1n) is 4.20. The van der Waals surface area contributed by atoms with E-state index in [1.165, 1.54) is 21.7 Å². The first-order chi connectivity index (χ1) is 7.15. The maximum Gasteiger partial charge on any atom is 0.269 e. The highest BCUT2D eigenvalue weighted by Gasteiger charge is 2.04. The van der Waals surface area contributed by atoms with Gasteiger partial charge in [-0.3, -0.25) is 4.79 Å². The van der Waals surface area contributed by atoms with Crippen LogP contribution >= 0.6 is 0 Å². The molecule has 78 valence electrons. The fourth-order valence-corrected chi connectivity index (χ4v) is 1.09. The van der Waals surface area contributed by atoms with Crippen LogP contribution in [-0.2, 0) is 13.6 Å². The standard InChI is InChI=1S/C7H9N7O/c1-13-11-6(10-12-13)4-14-7(15)2-5(8)3-9-14/h2-3H,4,8H2,1H3. The van der Waals surface area contributed by atoms with Gasteiger partial charge in [-0.15, -0.1) is 10.2 Å². The van der Waals surface area contributed by atoms with Gasteiger partial charge in [-0.25, -0.2) is 4.68 Å². The van der Waals surface area contributed by atoms with Gasteiger partial charge in [0.2, 0.25) is 0 Å². The van der Waals surface area contributed by atoms with E-state index in [1.54, 1.807) is 7.05 Å². The molecule has 15 heavy (non-hydrogen) atoms. The third-order valence-corrected chi connectivity index (χ3v) is 1.73. The Morgan fingerprint density at radius 3 is 2.93 bits per heavy atom. The molecule has 0 aromatic carbocycles. The molecule has 0 bridgehead atoms. The molecule has 0 unspecified atom stereocenters. The van der Waals surface area contributed by atoms with Gasteiger partial charge in [0.25, 0.3) is 5.56 Å². The summed E-state index contributed by atoms with van der Waals surface area (Å²) < 4.78 is 1.22. The van der Waals surface area contributed by atoms with E-state index in [1.807, 2.05) is 0 Å². The largest absolute Gasteiger partial charge is 0.397 e. The SMILES string of the molecule is Cn1nnc(Cn2ncc(N)cc2=O)n1. The molecule has 0 saturated carbocycles. The molecule has 0 aliphatic carbocycles. The van der Waals surface area contributed by atoms with Crippen LogP contribution in [0, 0.1) is 0 Å². The number of rotatable bonds is 2. The number of tetrazole rings is 1. The number of nitrogen functional groups attached to an aromatic ring is 1. The predicted molar refractivity (Wildman–Crippen MR) is 50.8 cm³/mol. The average molecular weight is 207 g/mol. The molecule has 0 radical (unpaired) electrons. The highest BCUT2D eigenvalue weighted by molar-refractivity contribution is 5.31. The summed E-state index contributed by atoms with van der Waals surface area (Å²) in [6.45, 7) is 0.187. The number of hydrogen-bond donors (Lipinski definition) is 1. The van der Waals surface area contributed by atoms with Crippen LogP contribution in [0.2, 0.25) is 0 Å². The second kappa shape index (κ2) is 3.48. The lowest BCUT2D eigenvalue weighted by Crippen LogP contribution is -2.23. The lowest BCUT2D eigenvalue weighted by atomic mass is 10.5. The molecule has 0 aliphatic rings. The molecule has 2 rings (SSSR count). The Morgan fingerprint density at radius 1 is 1.53 bits per heavy atom. The van der Waals surface area contributed by atoms with Gasteiger partial charge in [0.15, 0.2) is 5.82 Å². The van der Waals surface area contributed by atoms with Crippen molar-refractivity contribution in [3.63, 3.8) is 0 Å². The van der Waals surface area contributed by atoms with Crippen LogP contribution in [0.5, 0.6) is 0 Å². The summed E-state index contributed by atoms with van der Waals surface area (Å²) in [6, 6.07) is 1.30. The molecule has 8 heteroatoms. The van der Waals surface area contributed by atoms with Gasteiger partial charge in [0.1, 0.15) is 6.54 Å². The van der Waals surface area contributed by atoms with Crippen LogP contribution < -0.4 is 11.3 Å². The number of hydrogen-bond acceptors (Lipinski definition) is 6. The maximum atomic E-state index is 11.4. The molecule has 2 aromatic rings. The van der Waals surface area contributed by atoms with Crippen LogP contribution in [0.15, 0.2) is 17.1 Å². The molecule has 0 fully saturated rings. The number of aryl methyl sites for hydroxylation is 1. The van der Waals surface area contributed by atoms with Crippen LogP contribution in [0.1, 0.15) is 5.82 Å². The van der Waals surface area contributed by atoms with E-state index in [9.17, 15) is 4.79 Å². The van der Waals surface area contributed by atoms with Gasteiger partial charge in [-0.1, -0.05) is 0 Å². The fourth-order valence-electron chi connectivity index (χ4n) is 1.09. The van der Waals surface area contributed by atoms with Gasteiger partial charge in [0.05, 0.1) is 18.9 Å². The first-order valence-corrected chi connectivity index (χ1v) is 4.20. The monoisotopic (exact) mass is 207 g/mol. The summed E-state index contributed by atoms with van der Waals surface area (Å²) in [6.07, 6.45) is 1.40. The van der Waals surface area contributed by atoms with Crippen molar-refractivity contribution < 1.29 is 0 Å². The zero-order valence-corrected chi connectivity index (χ0v) is 8.03. The smallest absolute Gasteiger partial charge is 0.269 e. The van der Waals surface area contributed by atoms with E-state index < -0.39 is 0 Å². The van der Waals surface area contributed by atoms with Crippen molar-refractivity contribution in [1.29, 1.82) is 0 Å². The van der Waals surface area contributed by atoms with Gasteiger partial charge in [-0.2, -0.15) is 9.90 Å². The van der Waals surface area contributed by atoms with E-state index >= 15 is 0 Å². The van der Waals surface area contributed by atoms with Crippen molar-refractivity contribution in [2.24, 2.45) is 7.05 Å². The predicted octanol–water partition coefficient (Wildman–Crippen LogP) is -1.60. The maximum absolute atomic E-state index is 11.4. The Hall–Kier alpha value is -2.25. The topological polar surface area (TPSA) is 105 Å². The van der Waals surface area contributed by atoms with E-state index in [-0.39, 0.29) is 12.1 Å². The van der Waals surface area contributed by atoms with Crippen molar-refractivity contribution in [3.8, 4) is 0 Å². The summed E-state index contributed by atoms with van der Waals surface area (Å²) in [5.74, 6) is 0.428.